The zero-order valence-electron chi connectivity index (χ0n) is 18.9. The van der Waals surface area contributed by atoms with E-state index < -0.39 is 0 Å². The van der Waals surface area contributed by atoms with E-state index in [1.807, 2.05) is 44.8 Å². The highest BCUT2D eigenvalue weighted by Gasteiger charge is 2.33. The van der Waals surface area contributed by atoms with E-state index in [0.29, 0.717) is 44.2 Å². The van der Waals surface area contributed by atoms with Crippen LogP contribution in [0.4, 0.5) is 0 Å². The van der Waals surface area contributed by atoms with Gasteiger partial charge in [-0.05, 0) is 57.4 Å². The topological polar surface area (TPSA) is 67.7 Å². The second kappa shape index (κ2) is 8.36. The fraction of sp³-hybridized carbons (Fsp3) is 0.542. The third kappa shape index (κ3) is 4.75. The lowest BCUT2D eigenvalue weighted by Crippen LogP contribution is -2.51. The SMILES string of the molecule is COc1cccc(CC(=O)N2CCN(C(=O)c3cc(C4CC4)nn3C(C)(C)C)CC2)c1. The minimum absolute atomic E-state index is 0.00854. The van der Waals surface area contributed by atoms with E-state index in [0.717, 1.165) is 29.8 Å². The molecule has 1 saturated carbocycles. The summed E-state index contributed by atoms with van der Waals surface area (Å²) in [5, 5.41) is 4.76. The molecule has 166 valence electrons. The molecule has 31 heavy (non-hydrogen) atoms. The summed E-state index contributed by atoms with van der Waals surface area (Å²) in [7, 11) is 1.62. The van der Waals surface area contributed by atoms with Gasteiger partial charge in [-0.15, -0.1) is 0 Å². The number of hydrogen-bond donors (Lipinski definition) is 0. The highest BCUT2D eigenvalue weighted by molar-refractivity contribution is 5.93. The maximum atomic E-state index is 13.3. The molecule has 0 radical (unpaired) electrons. The van der Waals surface area contributed by atoms with Crippen molar-refractivity contribution in [3.63, 3.8) is 0 Å². The van der Waals surface area contributed by atoms with Gasteiger partial charge in [0.1, 0.15) is 11.4 Å². The van der Waals surface area contributed by atoms with Crippen LogP contribution in [0.3, 0.4) is 0 Å². The van der Waals surface area contributed by atoms with Gasteiger partial charge in [-0.1, -0.05) is 12.1 Å². The predicted octanol–water partition coefficient (Wildman–Crippen LogP) is 3.05. The van der Waals surface area contributed by atoms with E-state index in [1.54, 1.807) is 7.11 Å². The van der Waals surface area contributed by atoms with Gasteiger partial charge in [-0.2, -0.15) is 5.10 Å². The van der Waals surface area contributed by atoms with Crippen molar-refractivity contribution < 1.29 is 14.3 Å². The first kappa shape index (κ1) is 21.4. The van der Waals surface area contributed by atoms with Gasteiger partial charge in [0.2, 0.25) is 5.91 Å². The van der Waals surface area contributed by atoms with E-state index in [9.17, 15) is 9.59 Å². The molecule has 7 nitrogen and oxygen atoms in total. The van der Waals surface area contributed by atoms with Crippen LogP contribution < -0.4 is 4.74 Å². The third-order valence-corrected chi connectivity index (χ3v) is 5.99. The third-order valence-electron chi connectivity index (χ3n) is 5.99. The van der Waals surface area contributed by atoms with Crippen LogP contribution in [0.15, 0.2) is 30.3 Å². The average molecular weight is 425 g/mol. The van der Waals surface area contributed by atoms with Gasteiger partial charge in [0.05, 0.1) is 24.8 Å². The van der Waals surface area contributed by atoms with Gasteiger partial charge in [0.25, 0.3) is 5.91 Å². The number of benzene rings is 1. The number of amides is 2. The molecule has 0 spiro atoms. The number of piperazine rings is 1. The second-order valence-electron chi connectivity index (χ2n) is 9.51. The minimum Gasteiger partial charge on any atom is -0.497 e. The van der Waals surface area contributed by atoms with Gasteiger partial charge >= 0.3 is 0 Å². The lowest BCUT2D eigenvalue weighted by atomic mass is 10.1. The van der Waals surface area contributed by atoms with Gasteiger partial charge in [-0.25, -0.2) is 0 Å². The number of rotatable bonds is 5. The lowest BCUT2D eigenvalue weighted by molar-refractivity contribution is -0.131. The first-order valence-electron chi connectivity index (χ1n) is 11.1. The van der Waals surface area contributed by atoms with Gasteiger partial charge in [0.15, 0.2) is 0 Å². The molecule has 0 N–H and O–H groups in total. The Kier molecular flexibility index (Phi) is 5.77. The molecule has 0 bridgehead atoms. The fourth-order valence-corrected chi connectivity index (χ4v) is 4.03. The molecule has 1 aliphatic carbocycles. The molecule has 1 aromatic heterocycles. The van der Waals surface area contributed by atoms with Crippen LogP contribution in [0.2, 0.25) is 0 Å². The molecule has 0 atom stereocenters. The van der Waals surface area contributed by atoms with Crippen LogP contribution in [-0.2, 0) is 16.8 Å². The first-order valence-corrected chi connectivity index (χ1v) is 11.1. The van der Waals surface area contributed by atoms with Crippen LogP contribution in [0.25, 0.3) is 0 Å². The summed E-state index contributed by atoms with van der Waals surface area (Å²) in [6.45, 7) is 8.39. The van der Waals surface area contributed by atoms with Crippen LogP contribution in [0, 0.1) is 0 Å². The van der Waals surface area contributed by atoms with Gasteiger partial charge < -0.3 is 14.5 Å². The van der Waals surface area contributed by atoms with Crippen molar-refractivity contribution >= 4 is 11.8 Å². The second-order valence-corrected chi connectivity index (χ2v) is 9.51. The molecule has 2 fully saturated rings. The van der Waals surface area contributed by atoms with Crippen LogP contribution in [0.5, 0.6) is 5.75 Å². The van der Waals surface area contributed by atoms with E-state index in [-0.39, 0.29) is 17.4 Å². The Labute approximate surface area is 184 Å². The molecule has 2 amide bonds. The molecule has 7 heteroatoms. The van der Waals surface area contributed by atoms with Crippen molar-refractivity contribution in [1.82, 2.24) is 19.6 Å². The van der Waals surface area contributed by atoms with Crippen LogP contribution in [-0.4, -0.2) is 64.7 Å². The minimum atomic E-state index is -0.257. The fourth-order valence-electron chi connectivity index (χ4n) is 4.03. The Hall–Kier alpha value is -2.83. The normalized spacial score (nSPS) is 17.0. The van der Waals surface area contributed by atoms with E-state index >= 15 is 0 Å². The number of hydrogen-bond acceptors (Lipinski definition) is 4. The number of methoxy groups -OCH3 is 1. The summed E-state index contributed by atoms with van der Waals surface area (Å²) >= 11 is 0. The quantitative estimate of drug-likeness (QED) is 0.740. The molecule has 2 aliphatic rings. The Morgan fingerprint density at radius 1 is 1.06 bits per heavy atom. The summed E-state index contributed by atoms with van der Waals surface area (Å²) < 4.78 is 7.12. The first-order chi connectivity index (χ1) is 14.8. The summed E-state index contributed by atoms with van der Waals surface area (Å²) in [4.78, 5) is 29.8. The average Bonchev–Trinajstić information content (AvgIpc) is 3.50. The van der Waals surface area contributed by atoms with Crippen molar-refractivity contribution in [2.45, 2.75) is 51.5 Å². The van der Waals surface area contributed by atoms with E-state index in [1.165, 1.54) is 0 Å². The summed E-state index contributed by atoms with van der Waals surface area (Å²) in [5.74, 6) is 1.34. The predicted molar refractivity (Wildman–Crippen MR) is 118 cm³/mol. The number of aromatic nitrogens is 2. The Morgan fingerprint density at radius 2 is 1.74 bits per heavy atom. The molecular formula is C24H32N4O3. The standard InChI is InChI=1S/C24H32N4O3/c1-24(2,3)28-21(16-20(25-28)18-8-9-18)23(30)27-12-10-26(11-13-27)22(29)15-17-6-5-7-19(14-17)31-4/h5-7,14,16,18H,8-13,15H2,1-4H3. The molecule has 2 aromatic rings. The Balaban J connectivity index is 1.39. The molecule has 1 saturated heterocycles. The summed E-state index contributed by atoms with van der Waals surface area (Å²) in [6.07, 6.45) is 2.65. The maximum absolute atomic E-state index is 13.3. The molecule has 1 aliphatic heterocycles. The van der Waals surface area contributed by atoms with Crippen molar-refractivity contribution in [2.24, 2.45) is 0 Å². The molecular weight excluding hydrogens is 392 g/mol. The number of nitrogens with zero attached hydrogens (tertiary/aromatic N) is 4. The molecule has 4 rings (SSSR count). The van der Waals surface area contributed by atoms with Crippen LogP contribution in [0.1, 0.15) is 61.3 Å². The number of carbonyl (C=O) groups excluding carboxylic acids is 2. The highest BCUT2D eigenvalue weighted by atomic mass is 16.5. The summed E-state index contributed by atoms with van der Waals surface area (Å²) in [5.41, 5.74) is 2.37. The molecule has 0 unspecified atom stereocenters. The lowest BCUT2D eigenvalue weighted by Gasteiger charge is -2.35. The van der Waals surface area contributed by atoms with E-state index in [2.05, 4.69) is 20.8 Å². The molecule has 1 aromatic carbocycles. The molecule has 2 heterocycles. The van der Waals surface area contributed by atoms with Crippen molar-refractivity contribution in [3.8, 4) is 5.75 Å². The smallest absolute Gasteiger partial charge is 0.272 e. The largest absolute Gasteiger partial charge is 0.497 e. The Bertz CT molecular complexity index is 963. The van der Waals surface area contributed by atoms with Gasteiger partial charge in [-0.3, -0.25) is 14.3 Å². The van der Waals surface area contributed by atoms with E-state index in [4.69, 9.17) is 9.84 Å². The van der Waals surface area contributed by atoms with Gasteiger partial charge in [0, 0.05) is 32.1 Å². The van der Waals surface area contributed by atoms with Crippen LogP contribution >= 0.6 is 0 Å². The van der Waals surface area contributed by atoms with Crippen molar-refractivity contribution in [2.75, 3.05) is 33.3 Å². The monoisotopic (exact) mass is 424 g/mol. The Morgan fingerprint density at radius 3 is 2.35 bits per heavy atom. The zero-order valence-corrected chi connectivity index (χ0v) is 18.9. The highest BCUT2D eigenvalue weighted by Crippen LogP contribution is 2.40. The number of carbonyl (C=O) groups is 2. The van der Waals surface area contributed by atoms with Crippen molar-refractivity contribution in [1.29, 1.82) is 0 Å². The maximum Gasteiger partial charge on any atom is 0.272 e. The van der Waals surface area contributed by atoms with Crippen molar-refractivity contribution in [3.05, 3.63) is 47.3 Å². The summed E-state index contributed by atoms with van der Waals surface area (Å²) in [6, 6.07) is 9.57. The number of ether oxygens (including phenoxy) is 1. The zero-order chi connectivity index (χ0) is 22.2.